The van der Waals surface area contributed by atoms with Crippen molar-refractivity contribution >= 4 is 11.6 Å². The minimum atomic E-state index is -0.927. The molecule has 0 aliphatic heterocycles. The van der Waals surface area contributed by atoms with Gasteiger partial charge in [0.05, 0.1) is 0 Å². The number of aromatic nitrogens is 2. The van der Waals surface area contributed by atoms with E-state index in [9.17, 15) is 0 Å². The fraction of sp³-hybridized carbons (Fsp3) is 0.333. The van der Waals surface area contributed by atoms with E-state index in [4.69, 9.17) is 21.1 Å². The van der Waals surface area contributed by atoms with Crippen molar-refractivity contribution in [3.8, 4) is 5.75 Å². The average Bonchev–Trinajstić information content (AvgIpc) is 3.50. The molecule has 26 heavy (non-hydrogen) atoms. The molecule has 1 saturated carbocycles. The monoisotopic (exact) mass is 368 g/mol. The minimum absolute atomic E-state index is 0.398. The third-order valence-corrected chi connectivity index (χ3v) is 5.26. The first-order valence-corrected chi connectivity index (χ1v) is 9.18. The summed E-state index contributed by atoms with van der Waals surface area (Å²) in [4.78, 5) is 0. The van der Waals surface area contributed by atoms with E-state index in [1.54, 1.807) is 13.3 Å². The maximum atomic E-state index is 6.55. The number of benzene rings is 1. The van der Waals surface area contributed by atoms with Gasteiger partial charge >= 0.3 is 0 Å². The van der Waals surface area contributed by atoms with Crippen LogP contribution in [-0.4, -0.2) is 23.4 Å². The zero-order valence-electron chi connectivity index (χ0n) is 14.9. The van der Waals surface area contributed by atoms with Crippen molar-refractivity contribution in [3.05, 3.63) is 76.6 Å². The first-order chi connectivity index (χ1) is 12.6. The molecule has 2 aliphatic rings. The molecule has 2 aliphatic carbocycles. The molecule has 134 valence electrons. The standard InChI is InChI=1S/C21H21ClN2O2/c1-14-5-3-6-17(15-8-9-15)20(14)26-19-11-10-16(22)13-21(19,25-2)18-7-4-12-23-24-18/h3-7,10-13,15,19H,8-9H2,1-2H3. The molecule has 5 heteroatoms. The van der Waals surface area contributed by atoms with E-state index < -0.39 is 11.7 Å². The predicted molar refractivity (Wildman–Crippen MR) is 101 cm³/mol. The molecule has 4 nitrogen and oxygen atoms in total. The number of aryl methyl sites for hydroxylation is 1. The van der Waals surface area contributed by atoms with Crippen molar-refractivity contribution in [2.45, 2.75) is 37.4 Å². The summed E-state index contributed by atoms with van der Waals surface area (Å²) < 4.78 is 12.5. The Morgan fingerprint density at radius 1 is 1.19 bits per heavy atom. The molecule has 0 amide bonds. The number of hydrogen-bond donors (Lipinski definition) is 0. The van der Waals surface area contributed by atoms with Crippen molar-refractivity contribution < 1.29 is 9.47 Å². The highest BCUT2D eigenvalue weighted by Crippen LogP contribution is 2.47. The van der Waals surface area contributed by atoms with Crippen molar-refractivity contribution in [3.63, 3.8) is 0 Å². The van der Waals surface area contributed by atoms with Gasteiger partial charge in [0.2, 0.25) is 0 Å². The number of rotatable bonds is 5. The van der Waals surface area contributed by atoms with Gasteiger partial charge in [-0.1, -0.05) is 29.8 Å². The molecular weight excluding hydrogens is 348 g/mol. The lowest BCUT2D eigenvalue weighted by Crippen LogP contribution is -2.44. The molecule has 0 N–H and O–H groups in total. The van der Waals surface area contributed by atoms with Crippen LogP contribution < -0.4 is 4.74 Å². The van der Waals surface area contributed by atoms with Gasteiger partial charge in [0.15, 0.2) is 11.7 Å². The first-order valence-electron chi connectivity index (χ1n) is 8.80. The van der Waals surface area contributed by atoms with Crippen LogP contribution in [0.25, 0.3) is 0 Å². The van der Waals surface area contributed by atoms with E-state index in [1.807, 2.05) is 30.4 Å². The van der Waals surface area contributed by atoms with Gasteiger partial charge in [-0.2, -0.15) is 10.2 Å². The summed E-state index contributed by atoms with van der Waals surface area (Å²) in [5, 5.41) is 8.87. The second-order valence-corrected chi connectivity index (χ2v) is 7.24. The zero-order valence-corrected chi connectivity index (χ0v) is 15.6. The summed E-state index contributed by atoms with van der Waals surface area (Å²) >= 11 is 6.31. The molecular formula is C21H21ClN2O2. The third-order valence-electron chi connectivity index (χ3n) is 5.02. The normalized spacial score (nSPS) is 25.0. The Morgan fingerprint density at radius 2 is 2.04 bits per heavy atom. The molecule has 2 atom stereocenters. The van der Waals surface area contributed by atoms with E-state index >= 15 is 0 Å². The van der Waals surface area contributed by atoms with Crippen molar-refractivity contribution in [2.75, 3.05) is 7.11 Å². The lowest BCUT2D eigenvalue weighted by molar-refractivity contribution is -0.0474. The van der Waals surface area contributed by atoms with Crippen LogP contribution in [0.1, 0.15) is 35.6 Å². The van der Waals surface area contributed by atoms with Crippen LogP contribution in [0.5, 0.6) is 5.75 Å². The van der Waals surface area contributed by atoms with Crippen LogP contribution in [0.3, 0.4) is 0 Å². The minimum Gasteiger partial charge on any atom is -0.482 e. The highest BCUT2D eigenvalue weighted by Gasteiger charge is 2.44. The van der Waals surface area contributed by atoms with E-state index in [-0.39, 0.29) is 0 Å². The molecule has 0 saturated heterocycles. The Kier molecular flexibility index (Phi) is 4.55. The molecule has 1 aromatic carbocycles. The van der Waals surface area contributed by atoms with Crippen LogP contribution in [0.15, 0.2) is 59.8 Å². The Balaban J connectivity index is 1.77. The van der Waals surface area contributed by atoms with Gasteiger partial charge in [-0.15, -0.1) is 0 Å². The van der Waals surface area contributed by atoms with Gasteiger partial charge in [0, 0.05) is 18.3 Å². The number of methoxy groups -OCH3 is 1. The molecule has 2 unspecified atom stereocenters. The molecule has 1 aromatic heterocycles. The summed E-state index contributed by atoms with van der Waals surface area (Å²) in [6.07, 6.45) is 9.29. The van der Waals surface area contributed by atoms with Crippen molar-refractivity contribution in [1.82, 2.24) is 10.2 Å². The number of hydrogen-bond acceptors (Lipinski definition) is 4. The Labute approximate surface area is 158 Å². The Morgan fingerprint density at radius 3 is 2.73 bits per heavy atom. The number of para-hydroxylation sites is 1. The summed E-state index contributed by atoms with van der Waals surface area (Å²) in [5.41, 5.74) is 2.12. The molecule has 1 heterocycles. The Bertz CT molecular complexity index is 862. The van der Waals surface area contributed by atoms with Crippen LogP contribution in [-0.2, 0) is 10.3 Å². The van der Waals surface area contributed by atoms with E-state index in [0.29, 0.717) is 16.6 Å². The van der Waals surface area contributed by atoms with Gasteiger partial charge in [0.25, 0.3) is 0 Å². The van der Waals surface area contributed by atoms with Crippen LogP contribution in [0.4, 0.5) is 0 Å². The Hall–Kier alpha value is -2.17. The van der Waals surface area contributed by atoms with Crippen molar-refractivity contribution in [1.29, 1.82) is 0 Å². The highest BCUT2D eigenvalue weighted by atomic mass is 35.5. The average molecular weight is 369 g/mol. The molecule has 0 radical (unpaired) electrons. The second-order valence-electron chi connectivity index (χ2n) is 6.80. The summed E-state index contributed by atoms with van der Waals surface area (Å²) in [7, 11) is 1.64. The fourth-order valence-electron chi connectivity index (χ4n) is 3.47. The smallest absolute Gasteiger partial charge is 0.171 e. The number of halogens is 1. The van der Waals surface area contributed by atoms with Crippen LogP contribution >= 0.6 is 11.6 Å². The quantitative estimate of drug-likeness (QED) is 0.770. The number of nitrogens with zero attached hydrogens (tertiary/aromatic N) is 2. The zero-order chi connectivity index (χ0) is 18.1. The fourth-order valence-corrected chi connectivity index (χ4v) is 3.71. The molecule has 4 rings (SSSR count). The summed E-state index contributed by atoms with van der Waals surface area (Å²) in [6.45, 7) is 2.08. The molecule has 1 fully saturated rings. The highest BCUT2D eigenvalue weighted by molar-refractivity contribution is 6.31. The lowest BCUT2D eigenvalue weighted by Gasteiger charge is -2.37. The van der Waals surface area contributed by atoms with E-state index in [2.05, 4.69) is 35.3 Å². The SMILES string of the molecule is COC1(c2cccnn2)C=C(Cl)C=CC1Oc1c(C)cccc1C1CC1. The second kappa shape index (κ2) is 6.86. The number of allylic oxidation sites excluding steroid dienone is 2. The van der Waals surface area contributed by atoms with Crippen LogP contribution in [0.2, 0.25) is 0 Å². The van der Waals surface area contributed by atoms with Crippen LogP contribution in [0, 0.1) is 6.92 Å². The molecule has 0 bridgehead atoms. The van der Waals surface area contributed by atoms with Crippen molar-refractivity contribution in [2.24, 2.45) is 0 Å². The van der Waals surface area contributed by atoms with Gasteiger partial charge in [0.1, 0.15) is 11.4 Å². The molecule has 2 aromatic rings. The number of ether oxygens (including phenoxy) is 2. The van der Waals surface area contributed by atoms with Gasteiger partial charge in [-0.25, -0.2) is 0 Å². The molecule has 0 spiro atoms. The first kappa shape index (κ1) is 17.3. The van der Waals surface area contributed by atoms with Gasteiger partial charge in [-0.05, 0) is 67.2 Å². The third kappa shape index (κ3) is 3.04. The summed E-state index contributed by atoms with van der Waals surface area (Å²) in [5.74, 6) is 1.52. The lowest BCUT2D eigenvalue weighted by atomic mass is 9.87. The summed E-state index contributed by atoms with van der Waals surface area (Å²) in [6, 6.07) is 10.0. The van der Waals surface area contributed by atoms with E-state index in [1.165, 1.54) is 18.4 Å². The predicted octanol–water partition coefficient (Wildman–Crippen LogP) is 4.64. The topological polar surface area (TPSA) is 44.2 Å². The van der Waals surface area contributed by atoms with E-state index in [0.717, 1.165) is 11.3 Å². The van der Waals surface area contributed by atoms with Gasteiger partial charge in [-0.3, -0.25) is 0 Å². The maximum Gasteiger partial charge on any atom is 0.171 e. The largest absolute Gasteiger partial charge is 0.482 e. The van der Waals surface area contributed by atoms with Gasteiger partial charge < -0.3 is 9.47 Å². The maximum absolute atomic E-state index is 6.55.